The van der Waals surface area contributed by atoms with E-state index in [0.29, 0.717) is 11.4 Å². The smallest absolute Gasteiger partial charge is 0.167 e. The van der Waals surface area contributed by atoms with E-state index in [-0.39, 0.29) is 5.78 Å². The van der Waals surface area contributed by atoms with Gasteiger partial charge in [-0.2, -0.15) is 0 Å². The van der Waals surface area contributed by atoms with Gasteiger partial charge in [-0.05, 0) is 43.7 Å². The van der Waals surface area contributed by atoms with Gasteiger partial charge in [0.2, 0.25) is 0 Å². The van der Waals surface area contributed by atoms with Gasteiger partial charge in [0.1, 0.15) is 0 Å². The maximum absolute atomic E-state index is 12.3. The van der Waals surface area contributed by atoms with Crippen LogP contribution in [-0.4, -0.2) is 5.78 Å². The summed E-state index contributed by atoms with van der Waals surface area (Å²) < 4.78 is 0.917. The summed E-state index contributed by atoms with van der Waals surface area (Å²) >= 11 is 9.50. The van der Waals surface area contributed by atoms with Crippen molar-refractivity contribution in [3.63, 3.8) is 0 Å². The SMILES string of the molecule is Cc1cc(C)cc(C(=O)Cc2ccc(Br)cc2Cl)c1. The monoisotopic (exact) mass is 336 g/mol. The van der Waals surface area contributed by atoms with Crippen LogP contribution in [0.1, 0.15) is 27.0 Å². The summed E-state index contributed by atoms with van der Waals surface area (Å²) in [5.41, 5.74) is 3.81. The Hall–Kier alpha value is -1.12. The number of aryl methyl sites for hydroxylation is 2. The molecule has 0 heterocycles. The van der Waals surface area contributed by atoms with E-state index in [4.69, 9.17) is 11.6 Å². The van der Waals surface area contributed by atoms with E-state index < -0.39 is 0 Å². The summed E-state index contributed by atoms with van der Waals surface area (Å²) in [6.07, 6.45) is 0.328. The molecule has 0 saturated heterocycles. The van der Waals surface area contributed by atoms with Crippen LogP contribution in [0.3, 0.4) is 0 Å². The second-order valence-corrected chi connectivity index (χ2v) is 6.03. The highest BCUT2D eigenvalue weighted by Gasteiger charge is 2.10. The molecule has 0 aliphatic carbocycles. The maximum Gasteiger partial charge on any atom is 0.167 e. The Bertz CT molecular complexity index is 614. The van der Waals surface area contributed by atoms with Crippen LogP contribution in [0.5, 0.6) is 0 Å². The first kappa shape index (κ1) is 14.3. The molecule has 2 aromatic carbocycles. The number of hydrogen-bond donors (Lipinski definition) is 0. The van der Waals surface area contributed by atoms with Gasteiger partial charge in [-0.25, -0.2) is 0 Å². The van der Waals surface area contributed by atoms with E-state index in [1.165, 1.54) is 0 Å². The van der Waals surface area contributed by atoms with Crippen LogP contribution in [0.4, 0.5) is 0 Å². The van der Waals surface area contributed by atoms with Gasteiger partial charge in [-0.15, -0.1) is 0 Å². The zero-order valence-electron chi connectivity index (χ0n) is 10.8. The Morgan fingerprint density at radius 1 is 1.11 bits per heavy atom. The fraction of sp³-hybridized carbons (Fsp3) is 0.188. The molecule has 0 aliphatic heterocycles. The van der Waals surface area contributed by atoms with E-state index in [1.54, 1.807) is 0 Å². The molecule has 0 unspecified atom stereocenters. The quantitative estimate of drug-likeness (QED) is 0.708. The number of carbonyl (C=O) groups is 1. The Balaban J connectivity index is 2.25. The first-order valence-electron chi connectivity index (χ1n) is 6.01. The van der Waals surface area contributed by atoms with E-state index in [1.807, 2.05) is 44.2 Å². The Kier molecular flexibility index (Phi) is 4.43. The summed E-state index contributed by atoms with van der Waals surface area (Å²) in [7, 11) is 0. The number of rotatable bonds is 3. The van der Waals surface area contributed by atoms with Crippen LogP contribution in [-0.2, 0) is 6.42 Å². The molecule has 0 bridgehead atoms. The Morgan fingerprint density at radius 3 is 2.32 bits per heavy atom. The van der Waals surface area contributed by atoms with Crippen molar-refractivity contribution in [1.29, 1.82) is 0 Å². The van der Waals surface area contributed by atoms with E-state index >= 15 is 0 Å². The molecule has 0 aromatic heterocycles. The molecule has 19 heavy (non-hydrogen) atoms. The highest BCUT2D eigenvalue weighted by Crippen LogP contribution is 2.23. The van der Waals surface area contributed by atoms with E-state index in [2.05, 4.69) is 22.0 Å². The first-order valence-corrected chi connectivity index (χ1v) is 7.18. The lowest BCUT2D eigenvalue weighted by molar-refractivity contribution is 0.0993. The minimum atomic E-state index is 0.0935. The summed E-state index contributed by atoms with van der Waals surface area (Å²) in [4.78, 5) is 12.3. The summed E-state index contributed by atoms with van der Waals surface area (Å²) in [5.74, 6) is 0.0935. The van der Waals surface area contributed by atoms with Gasteiger partial charge >= 0.3 is 0 Å². The molecule has 0 radical (unpaired) electrons. The van der Waals surface area contributed by atoms with Crippen LogP contribution in [0.2, 0.25) is 5.02 Å². The van der Waals surface area contributed by atoms with Crippen molar-refractivity contribution in [2.24, 2.45) is 0 Å². The van der Waals surface area contributed by atoms with Gasteiger partial charge in [-0.3, -0.25) is 4.79 Å². The molecule has 2 rings (SSSR count). The van der Waals surface area contributed by atoms with E-state index in [9.17, 15) is 4.79 Å². The number of Topliss-reactive ketones (excluding diaryl/α,β-unsaturated/α-hetero) is 1. The van der Waals surface area contributed by atoms with Gasteiger partial charge in [0.15, 0.2) is 5.78 Å². The largest absolute Gasteiger partial charge is 0.294 e. The van der Waals surface area contributed by atoms with E-state index in [0.717, 1.165) is 26.7 Å². The normalized spacial score (nSPS) is 10.5. The molecule has 0 amide bonds. The zero-order chi connectivity index (χ0) is 14.0. The molecule has 0 atom stereocenters. The number of ketones is 1. The standard InChI is InChI=1S/C16H14BrClO/c1-10-5-11(2)7-13(6-10)16(19)8-12-3-4-14(17)9-15(12)18/h3-7,9H,8H2,1-2H3. The molecule has 0 spiro atoms. The summed E-state index contributed by atoms with van der Waals surface area (Å²) in [5, 5.41) is 0.618. The third kappa shape index (κ3) is 3.68. The predicted molar refractivity (Wildman–Crippen MR) is 83.1 cm³/mol. The predicted octanol–water partition coefficient (Wildman–Crippen LogP) is 5.14. The van der Waals surface area contributed by atoms with Gasteiger partial charge in [0, 0.05) is 21.5 Å². The van der Waals surface area contributed by atoms with Crippen molar-refractivity contribution in [1.82, 2.24) is 0 Å². The molecule has 0 aliphatic rings. The second kappa shape index (κ2) is 5.89. The highest BCUT2D eigenvalue weighted by atomic mass is 79.9. The topological polar surface area (TPSA) is 17.1 Å². The lowest BCUT2D eigenvalue weighted by atomic mass is 9.99. The zero-order valence-corrected chi connectivity index (χ0v) is 13.2. The molecule has 0 fully saturated rings. The minimum absolute atomic E-state index is 0.0935. The van der Waals surface area contributed by atoms with Crippen LogP contribution < -0.4 is 0 Å². The molecule has 98 valence electrons. The first-order chi connectivity index (χ1) is 8.95. The third-order valence-corrected chi connectivity index (χ3v) is 3.75. The number of hydrogen-bond acceptors (Lipinski definition) is 1. The van der Waals surface area contributed by atoms with Crippen molar-refractivity contribution in [3.05, 3.63) is 68.1 Å². The molecule has 0 saturated carbocycles. The summed E-state index contributed by atoms with van der Waals surface area (Å²) in [6.45, 7) is 3.99. The molecule has 1 nitrogen and oxygen atoms in total. The maximum atomic E-state index is 12.3. The number of benzene rings is 2. The van der Waals surface area contributed by atoms with Crippen LogP contribution in [0.25, 0.3) is 0 Å². The fourth-order valence-electron chi connectivity index (χ4n) is 2.08. The van der Waals surface area contributed by atoms with Gasteiger partial charge < -0.3 is 0 Å². The average Bonchev–Trinajstić information content (AvgIpc) is 2.31. The Morgan fingerprint density at radius 2 is 1.74 bits per heavy atom. The van der Waals surface area contributed by atoms with Crippen molar-refractivity contribution in [2.45, 2.75) is 20.3 Å². The molecular weight excluding hydrogens is 324 g/mol. The van der Waals surface area contributed by atoms with Crippen molar-refractivity contribution in [3.8, 4) is 0 Å². The third-order valence-electron chi connectivity index (χ3n) is 2.91. The Labute approximate surface area is 126 Å². The lowest BCUT2D eigenvalue weighted by Crippen LogP contribution is -2.05. The second-order valence-electron chi connectivity index (χ2n) is 4.71. The highest BCUT2D eigenvalue weighted by molar-refractivity contribution is 9.10. The van der Waals surface area contributed by atoms with Crippen molar-refractivity contribution < 1.29 is 4.79 Å². The molecule has 2 aromatic rings. The summed E-state index contributed by atoms with van der Waals surface area (Å²) in [6, 6.07) is 11.5. The van der Waals surface area contributed by atoms with Gasteiger partial charge in [0.25, 0.3) is 0 Å². The lowest BCUT2D eigenvalue weighted by Gasteiger charge is -2.06. The van der Waals surface area contributed by atoms with Crippen LogP contribution >= 0.6 is 27.5 Å². The van der Waals surface area contributed by atoms with Crippen LogP contribution in [0.15, 0.2) is 40.9 Å². The van der Waals surface area contributed by atoms with Crippen LogP contribution in [0, 0.1) is 13.8 Å². The molecule has 0 N–H and O–H groups in total. The van der Waals surface area contributed by atoms with Gasteiger partial charge in [0.05, 0.1) is 0 Å². The molecule has 3 heteroatoms. The minimum Gasteiger partial charge on any atom is -0.294 e. The average molecular weight is 338 g/mol. The molecular formula is C16H14BrClO. The van der Waals surface area contributed by atoms with Gasteiger partial charge in [-0.1, -0.05) is 50.8 Å². The number of carbonyl (C=O) groups excluding carboxylic acids is 1. The van der Waals surface area contributed by atoms with Crippen molar-refractivity contribution in [2.75, 3.05) is 0 Å². The fourth-order valence-corrected chi connectivity index (χ4v) is 2.82. The number of halogens is 2. The van der Waals surface area contributed by atoms with Crippen molar-refractivity contribution >= 4 is 33.3 Å².